The highest BCUT2D eigenvalue weighted by Gasteiger charge is 2.28. The number of carbonyl (C=O) groups excluding carboxylic acids is 1. The van der Waals surface area contributed by atoms with E-state index in [0.29, 0.717) is 11.1 Å². The highest BCUT2D eigenvalue weighted by molar-refractivity contribution is 5.91. The Morgan fingerprint density at radius 1 is 1.04 bits per heavy atom. The molecule has 3 nitrogen and oxygen atoms in total. The number of ether oxygens (including phenoxy) is 2. The summed E-state index contributed by atoms with van der Waals surface area (Å²) in [6.07, 6.45) is 0.214. The summed E-state index contributed by atoms with van der Waals surface area (Å²) in [6.45, 7) is 1.44. The fourth-order valence-electron chi connectivity index (χ4n) is 1.97. The second kappa shape index (κ2) is 8.48. The summed E-state index contributed by atoms with van der Waals surface area (Å²) < 4.78 is 44.9. The number of esters is 1. The number of benzene rings is 2. The summed E-state index contributed by atoms with van der Waals surface area (Å²) in [6, 6.07) is 12.6. The third-order valence-electron chi connectivity index (χ3n) is 3.23. The topological polar surface area (TPSA) is 35.5 Å². The van der Waals surface area contributed by atoms with Gasteiger partial charge in [-0.3, -0.25) is 4.74 Å². The van der Waals surface area contributed by atoms with Crippen LogP contribution in [-0.2, 0) is 11.3 Å². The number of carbonyl (C=O) groups is 1. The largest absolute Gasteiger partial charge is 0.522 e. The number of halogens is 3. The quantitative estimate of drug-likeness (QED) is 0.519. The smallest absolute Gasteiger partial charge is 0.423 e. The molecule has 0 aliphatic rings. The van der Waals surface area contributed by atoms with Crippen LogP contribution in [0.1, 0.15) is 34.8 Å². The van der Waals surface area contributed by atoms with Crippen molar-refractivity contribution in [1.82, 2.24) is 0 Å². The fourth-order valence-corrected chi connectivity index (χ4v) is 1.97. The van der Waals surface area contributed by atoms with Crippen molar-refractivity contribution in [3.05, 3.63) is 71.3 Å². The van der Waals surface area contributed by atoms with Crippen LogP contribution < -0.4 is 4.74 Å². The van der Waals surface area contributed by atoms with Crippen molar-refractivity contribution in [3.8, 4) is 5.75 Å². The Kier molecular flexibility index (Phi) is 6.36. The minimum absolute atomic E-state index is 0.246. The molecule has 0 atom stereocenters. The van der Waals surface area contributed by atoms with Gasteiger partial charge in [0.15, 0.2) is 0 Å². The van der Waals surface area contributed by atoms with Crippen LogP contribution in [0.5, 0.6) is 5.75 Å². The first kappa shape index (κ1) is 18.7. The van der Waals surface area contributed by atoms with Gasteiger partial charge in [-0.1, -0.05) is 43.3 Å². The molecule has 132 valence electrons. The zero-order valence-corrected chi connectivity index (χ0v) is 13.5. The van der Waals surface area contributed by atoms with E-state index in [1.165, 1.54) is 24.3 Å². The van der Waals surface area contributed by atoms with E-state index in [0.717, 1.165) is 12.0 Å². The summed E-state index contributed by atoms with van der Waals surface area (Å²) in [7, 11) is 0. The lowest BCUT2D eigenvalue weighted by molar-refractivity contribution is -0.330. The molecule has 0 bridgehead atoms. The minimum Gasteiger partial charge on any atom is -0.423 e. The lowest BCUT2D eigenvalue weighted by Crippen LogP contribution is -2.13. The van der Waals surface area contributed by atoms with Gasteiger partial charge in [0.2, 0.25) is 0 Å². The molecule has 0 fully saturated rings. The van der Waals surface area contributed by atoms with Crippen molar-refractivity contribution in [1.29, 1.82) is 0 Å². The van der Waals surface area contributed by atoms with E-state index < -0.39 is 18.9 Å². The van der Waals surface area contributed by atoms with Gasteiger partial charge < -0.3 is 4.74 Å². The van der Waals surface area contributed by atoms with E-state index in [1.807, 2.05) is 19.1 Å². The van der Waals surface area contributed by atoms with Crippen molar-refractivity contribution < 1.29 is 27.4 Å². The molecule has 0 spiro atoms. The Hall–Kier alpha value is -2.60. The number of hydrogen-bond donors (Lipinski definition) is 0. The maximum absolute atomic E-state index is 12.1. The lowest BCUT2D eigenvalue weighted by atomic mass is 10.1. The van der Waals surface area contributed by atoms with E-state index in [1.54, 1.807) is 24.3 Å². The molecule has 25 heavy (non-hydrogen) atoms. The molecular formula is C19H17F3O3. The molecule has 2 aromatic carbocycles. The van der Waals surface area contributed by atoms with Gasteiger partial charge in [0.05, 0.1) is 12.2 Å². The molecule has 0 N–H and O–H groups in total. The van der Waals surface area contributed by atoms with Crippen molar-refractivity contribution in [2.24, 2.45) is 0 Å². The van der Waals surface area contributed by atoms with Crippen molar-refractivity contribution in [3.63, 3.8) is 0 Å². The Labute approximate surface area is 143 Å². The molecule has 0 amide bonds. The van der Waals surface area contributed by atoms with Gasteiger partial charge in [0.25, 0.3) is 0 Å². The van der Waals surface area contributed by atoms with Gasteiger partial charge in [-0.2, -0.15) is 0 Å². The lowest BCUT2D eigenvalue weighted by Gasteiger charge is -2.08. The number of rotatable bonds is 6. The highest BCUT2D eigenvalue weighted by Crippen LogP contribution is 2.20. The first-order valence-electron chi connectivity index (χ1n) is 7.66. The van der Waals surface area contributed by atoms with Gasteiger partial charge in [0, 0.05) is 0 Å². The van der Waals surface area contributed by atoms with Crippen molar-refractivity contribution in [2.75, 3.05) is 0 Å². The fraction of sp³-hybridized carbons (Fsp3) is 0.211. The number of alkyl halides is 3. The normalized spacial score (nSPS) is 11.7. The van der Waals surface area contributed by atoms with Crippen LogP contribution in [0.2, 0.25) is 0 Å². The maximum Gasteiger partial charge on any atom is 0.522 e. The van der Waals surface area contributed by atoms with Crippen LogP contribution >= 0.6 is 0 Å². The van der Waals surface area contributed by atoms with E-state index in [-0.39, 0.29) is 5.75 Å². The molecule has 0 aromatic heterocycles. The minimum atomic E-state index is -4.68. The Morgan fingerprint density at radius 3 is 2.24 bits per heavy atom. The standard InChI is InChI=1S/C19H17F3O3/c1-2-3-4-14-5-9-16(10-6-14)18(23)25-17-11-7-15(8-12-17)13-24-19(20,21)22/h3-12H,2,13H2,1H3/b4-3+. The van der Waals surface area contributed by atoms with Crippen molar-refractivity contribution >= 4 is 12.0 Å². The second-order valence-corrected chi connectivity index (χ2v) is 5.20. The van der Waals surface area contributed by atoms with Gasteiger partial charge in [-0.05, 0) is 41.8 Å². The van der Waals surface area contributed by atoms with E-state index >= 15 is 0 Å². The zero-order valence-electron chi connectivity index (χ0n) is 13.5. The molecule has 0 heterocycles. The van der Waals surface area contributed by atoms with Crippen molar-refractivity contribution in [2.45, 2.75) is 26.3 Å². The molecule has 0 aliphatic carbocycles. The molecule has 2 rings (SSSR count). The predicted molar refractivity (Wildman–Crippen MR) is 88.0 cm³/mol. The summed E-state index contributed by atoms with van der Waals surface area (Å²) in [5.74, 6) is -0.291. The average Bonchev–Trinajstić information content (AvgIpc) is 2.59. The van der Waals surface area contributed by atoms with E-state index in [2.05, 4.69) is 4.74 Å². The summed E-state index contributed by atoms with van der Waals surface area (Å²) in [5, 5.41) is 0. The van der Waals surface area contributed by atoms with Gasteiger partial charge in [0.1, 0.15) is 5.75 Å². The number of allylic oxidation sites excluding steroid dienone is 1. The number of hydrogen-bond acceptors (Lipinski definition) is 3. The molecule has 0 radical (unpaired) electrons. The monoisotopic (exact) mass is 350 g/mol. The molecule has 0 unspecified atom stereocenters. The van der Waals surface area contributed by atoms with E-state index in [9.17, 15) is 18.0 Å². The predicted octanol–water partition coefficient (Wildman–Crippen LogP) is 5.37. The van der Waals surface area contributed by atoms with Gasteiger partial charge in [-0.15, -0.1) is 13.2 Å². The average molecular weight is 350 g/mol. The van der Waals surface area contributed by atoms with Crippen LogP contribution in [0.15, 0.2) is 54.6 Å². The van der Waals surface area contributed by atoms with E-state index in [4.69, 9.17) is 4.74 Å². The third-order valence-corrected chi connectivity index (χ3v) is 3.23. The van der Waals surface area contributed by atoms with Gasteiger partial charge in [-0.25, -0.2) is 4.79 Å². The maximum atomic E-state index is 12.1. The Morgan fingerprint density at radius 2 is 1.68 bits per heavy atom. The SMILES string of the molecule is CC/C=C/c1ccc(C(=O)Oc2ccc(COC(F)(F)F)cc2)cc1. The van der Waals surface area contributed by atoms with Gasteiger partial charge >= 0.3 is 12.3 Å². The highest BCUT2D eigenvalue weighted by atomic mass is 19.4. The summed E-state index contributed by atoms with van der Waals surface area (Å²) in [5.41, 5.74) is 1.69. The van der Waals surface area contributed by atoms with Crippen LogP contribution in [-0.4, -0.2) is 12.3 Å². The molecular weight excluding hydrogens is 333 g/mol. The van der Waals surface area contributed by atoms with Crippen LogP contribution in [0.3, 0.4) is 0 Å². The van der Waals surface area contributed by atoms with Crippen LogP contribution in [0.4, 0.5) is 13.2 Å². The third kappa shape index (κ3) is 6.43. The molecule has 0 aliphatic heterocycles. The molecule has 2 aromatic rings. The molecule has 6 heteroatoms. The first-order chi connectivity index (χ1) is 11.9. The summed E-state index contributed by atoms with van der Waals surface area (Å²) in [4.78, 5) is 12.1. The molecule has 0 saturated heterocycles. The summed E-state index contributed by atoms with van der Waals surface area (Å²) >= 11 is 0. The zero-order chi connectivity index (χ0) is 18.3. The van der Waals surface area contributed by atoms with Crippen LogP contribution in [0.25, 0.3) is 6.08 Å². The Bertz CT molecular complexity index is 717. The van der Waals surface area contributed by atoms with Crippen LogP contribution in [0, 0.1) is 0 Å². The molecule has 0 saturated carbocycles. The Balaban J connectivity index is 1.95. The first-order valence-corrected chi connectivity index (χ1v) is 7.66. The second-order valence-electron chi connectivity index (χ2n) is 5.20.